The molecule has 1 fully saturated rings. The predicted octanol–water partition coefficient (Wildman–Crippen LogP) is 2.68. The molecule has 1 N–H and O–H groups in total. The number of benzene rings is 2. The summed E-state index contributed by atoms with van der Waals surface area (Å²) < 4.78 is 20.7. The fourth-order valence-electron chi connectivity index (χ4n) is 3.11. The van der Waals surface area contributed by atoms with E-state index in [-0.39, 0.29) is 11.5 Å². The Balaban J connectivity index is 1.36. The van der Waals surface area contributed by atoms with E-state index in [9.17, 15) is 19.2 Å². The minimum Gasteiger partial charge on any atom is -0.486 e. The van der Waals surface area contributed by atoms with Crippen LogP contribution < -0.4 is 19.5 Å². The Bertz CT molecular complexity index is 1160. The molecule has 0 spiro atoms. The molecule has 2 aromatic carbocycles. The van der Waals surface area contributed by atoms with E-state index >= 15 is 0 Å². The molecule has 0 aliphatic carbocycles. The van der Waals surface area contributed by atoms with Crippen LogP contribution in [0.25, 0.3) is 6.08 Å². The second-order valence-electron chi connectivity index (χ2n) is 7.11. The number of amides is 3. The fraction of sp³-hybridized carbons (Fsp3) is 0.217. The molecule has 34 heavy (non-hydrogen) atoms. The van der Waals surface area contributed by atoms with Crippen LogP contribution in [-0.4, -0.2) is 61.4 Å². The minimum atomic E-state index is -0.557. The highest BCUT2D eigenvalue weighted by Gasteiger charge is 2.36. The Kier molecular flexibility index (Phi) is 7.02. The quantitative estimate of drug-likeness (QED) is 0.467. The summed E-state index contributed by atoms with van der Waals surface area (Å²) >= 11 is 0.754. The molecule has 0 saturated carbocycles. The van der Waals surface area contributed by atoms with Gasteiger partial charge in [-0.3, -0.25) is 19.3 Å². The molecule has 176 valence electrons. The third-order valence-corrected chi connectivity index (χ3v) is 5.67. The number of hydrogen-bond acceptors (Lipinski definition) is 9. The molecule has 2 aromatic rings. The molecule has 11 heteroatoms. The van der Waals surface area contributed by atoms with Crippen molar-refractivity contribution in [2.75, 3.05) is 38.8 Å². The lowest BCUT2D eigenvalue weighted by molar-refractivity contribution is -0.142. The summed E-state index contributed by atoms with van der Waals surface area (Å²) in [6.07, 6.45) is 1.55. The van der Waals surface area contributed by atoms with Crippen molar-refractivity contribution in [1.82, 2.24) is 4.90 Å². The van der Waals surface area contributed by atoms with Gasteiger partial charge in [-0.05, 0) is 47.7 Å². The molecular weight excluding hydrogens is 464 g/mol. The number of carbonyl (C=O) groups is 4. The largest absolute Gasteiger partial charge is 0.486 e. The van der Waals surface area contributed by atoms with E-state index in [4.69, 9.17) is 14.2 Å². The van der Waals surface area contributed by atoms with Crippen molar-refractivity contribution in [3.05, 3.63) is 52.9 Å². The first kappa shape index (κ1) is 23.2. The number of carbonyl (C=O) groups excluding carboxylic acids is 4. The van der Waals surface area contributed by atoms with Gasteiger partial charge in [-0.2, -0.15) is 0 Å². The molecule has 10 nitrogen and oxygen atoms in total. The standard InChI is InChI=1S/C23H20N2O8S/c1-30-21(27)13-33-16-5-2-14(3-6-16)10-19-22(28)25(23(29)34-19)12-20(26)24-15-4-7-17-18(11-15)32-9-8-31-17/h2-7,10-11H,8-9,12-13H2,1H3,(H,24,26)/b19-10-. The first-order chi connectivity index (χ1) is 16.4. The minimum absolute atomic E-state index is 0.195. The summed E-state index contributed by atoms with van der Waals surface area (Å²) in [6.45, 7) is 0.231. The summed E-state index contributed by atoms with van der Waals surface area (Å²) in [4.78, 5) is 49.7. The van der Waals surface area contributed by atoms with Crippen molar-refractivity contribution in [3.8, 4) is 17.2 Å². The number of nitrogens with zero attached hydrogens (tertiary/aromatic N) is 1. The lowest BCUT2D eigenvalue weighted by Crippen LogP contribution is -2.36. The first-order valence-corrected chi connectivity index (χ1v) is 11.0. The highest BCUT2D eigenvalue weighted by atomic mass is 32.2. The molecule has 3 amide bonds. The van der Waals surface area contributed by atoms with Crippen molar-refractivity contribution in [3.63, 3.8) is 0 Å². The van der Waals surface area contributed by atoms with E-state index in [2.05, 4.69) is 10.1 Å². The van der Waals surface area contributed by atoms with Crippen LogP contribution in [0.1, 0.15) is 5.56 Å². The smallest absolute Gasteiger partial charge is 0.343 e. The number of methoxy groups -OCH3 is 1. The van der Waals surface area contributed by atoms with Gasteiger partial charge in [0, 0.05) is 11.8 Å². The van der Waals surface area contributed by atoms with Gasteiger partial charge in [-0.1, -0.05) is 12.1 Å². The zero-order chi connectivity index (χ0) is 24.1. The fourth-order valence-corrected chi connectivity index (χ4v) is 3.95. The van der Waals surface area contributed by atoms with Crippen molar-refractivity contribution >= 4 is 46.5 Å². The first-order valence-electron chi connectivity index (χ1n) is 10.2. The highest BCUT2D eigenvalue weighted by molar-refractivity contribution is 8.18. The van der Waals surface area contributed by atoms with Gasteiger partial charge in [-0.25, -0.2) is 4.79 Å². The average molecular weight is 484 g/mol. The van der Waals surface area contributed by atoms with Gasteiger partial charge in [0.05, 0.1) is 12.0 Å². The summed E-state index contributed by atoms with van der Waals surface area (Å²) in [5, 5.41) is 2.12. The van der Waals surface area contributed by atoms with Gasteiger partial charge in [0.2, 0.25) is 5.91 Å². The number of fused-ring (bicyclic) bond motifs is 1. The molecule has 4 rings (SSSR count). The third kappa shape index (κ3) is 5.49. The van der Waals surface area contributed by atoms with Gasteiger partial charge >= 0.3 is 5.97 Å². The molecule has 0 atom stereocenters. The Morgan fingerprint density at radius 2 is 1.82 bits per heavy atom. The van der Waals surface area contributed by atoms with E-state index in [0.717, 1.165) is 16.7 Å². The number of nitrogens with one attached hydrogen (secondary N) is 1. The van der Waals surface area contributed by atoms with E-state index < -0.39 is 29.6 Å². The summed E-state index contributed by atoms with van der Waals surface area (Å²) in [5.74, 6) is -0.0313. The Labute approximate surface area is 198 Å². The summed E-state index contributed by atoms with van der Waals surface area (Å²) in [5.41, 5.74) is 1.11. The second kappa shape index (κ2) is 10.3. The molecule has 2 heterocycles. The van der Waals surface area contributed by atoms with Gasteiger partial charge in [0.1, 0.15) is 25.5 Å². The molecule has 0 unspecified atom stereocenters. The van der Waals surface area contributed by atoms with Gasteiger partial charge in [0.25, 0.3) is 11.1 Å². The highest BCUT2D eigenvalue weighted by Crippen LogP contribution is 2.34. The van der Waals surface area contributed by atoms with Crippen LogP contribution in [0.5, 0.6) is 17.2 Å². The van der Waals surface area contributed by atoms with E-state index in [0.29, 0.717) is 41.7 Å². The van der Waals surface area contributed by atoms with Crippen LogP contribution in [0, 0.1) is 0 Å². The summed E-state index contributed by atoms with van der Waals surface area (Å²) in [7, 11) is 1.27. The van der Waals surface area contributed by atoms with Crippen LogP contribution in [0.4, 0.5) is 10.5 Å². The van der Waals surface area contributed by atoms with Gasteiger partial charge in [0.15, 0.2) is 18.1 Å². The maximum Gasteiger partial charge on any atom is 0.343 e. The van der Waals surface area contributed by atoms with E-state index in [1.807, 2.05) is 0 Å². The maximum absolute atomic E-state index is 12.7. The monoisotopic (exact) mass is 484 g/mol. The Morgan fingerprint density at radius 3 is 2.56 bits per heavy atom. The van der Waals surface area contributed by atoms with Crippen molar-refractivity contribution in [1.29, 1.82) is 0 Å². The lowest BCUT2D eigenvalue weighted by atomic mass is 10.2. The SMILES string of the molecule is COC(=O)COc1ccc(/C=C2\SC(=O)N(CC(=O)Nc3ccc4c(c3)OCCO4)C2=O)cc1. The normalized spacial score (nSPS) is 15.9. The average Bonchev–Trinajstić information content (AvgIpc) is 3.10. The topological polar surface area (TPSA) is 120 Å². The van der Waals surface area contributed by atoms with Crippen LogP contribution in [0.3, 0.4) is 0 Å². The summed E-state index contributed by atoms with van der Waals surface area (Å²) in [6, 6.07) is 11.6. The zero-order valence-electron chi connectivity index (χ0n) is 18.1. The predicted molar refractivity (Wildman–Crippen MR) is 123 cm³/mol. The third-order valence-electron chi connectivity index (χ3n) is 4.76. The van der Waals surface area contributed by atoms with Gasteiger partial charge < -0.3 is 24.3 Å². The number of ether oxygens (including phenoxy) is 4. The molecule has 2 aliphatic rings. The van der Waals surface area contributed by atoms with Crippen molar-refractivity contribution < 1.29 is 38.1 Å². The number of hydrogen-bond donors (Lipinski definition) is 1. The van der Waals surface area contributed by atoms with E-state index in [1.54, 1.807) is 48.5 Å². The number of thioether (sulfide) groups is 1. The Hall–Kier alpha value is -3.99. The van der Waals surface area contributed by atoms with Crippen LogP contribution >= 0.6 is 11.8 Å². The molecule has 0 radical (unpaired) electrons. The maximum atomic E-state index is 12.7. The zero-order valence-corrected chi connectivity index (χ0v) is 18.9. The van der Waals surface area contributed by atoms with Crippen LogP contribution in [0.15, 0.2) is 47.4 Å². The van der Waals surface area contributed by atoms with E-state index in [1.165, 1.54) is 7.11 Å². The number of anilines is 1. The van der Waals surface area contributed by atoms with Crippen molar-refractivity contribution in [2.45, 2.75) is 0 Å². The molecule has 2 aliphatic heterocycles. The molecular formula is C23H20N2O8S. The number of imide groups is 1. The van der Waals surface area contributed by atoms with Crippen molar-refractivity contribution in [2.24, 2.45) is 0 Å². The molecule has 1 saturated heterocycles. The second-order valence-corrected chi connectivity index (χ2v) is 8.10. The number of esters is 1. The van der Waals surface area contributed by atoms with Crippen LogP contribution in [-0.2, 0) is 19.1 Å². The molecule has 0 bridgehead atoms. The van der Waals surface area contributed by atoms with Crippen LogP contribution in [0.2, 0.25) is 0 Å². The lowest BCUT2D eigenvalue weighted by Gasteiger charge is -2.19. The Morgan fingerprint density at radius 1 is 1.09 bits per heavy atom. The molecule has 0 aromatic heterocycles. The van der Waals surface area contributed by atoms with Gasteiger partial charge in [-0.15, -0.1) is 0 Å². The number of rotatable bonds is 7.